The second-order valence-corrected chi connectivity index (χ2v) is 8.06. The maximum Gasteiger partial charge on any atom is 0.228 e. The van der Waals surface area contributed by atoms with Gasteiger partial charge in [0.05, 0.1) is 5.92 Å². The smallest absolute Gasteiger partial charge is 0.228 e. The molecule has 1 aliphatic heterocycles. The van der Waals surface area contributed by atoms with Gasteiger partial charge in [0.1, 0.15) is 5.78 Å². The van der Waals surface area contributed by atoms with E-state index in [1.54, 1.807) is 0 Å². The normalized spacial score (nSPS) is 18.0. The molecule has 1 aliphatic rings. The third-order valence-corrected chi connectivity index (χ3v) is 4.74. The number of piperidine rings is 1. The minimum absolute atomic E-state index is 0.0398. The first kappa shape index (κ1) is 21.1. The van der Waals surface area contributed by atoms with Gasteiger partial charge in [-0.05, 0) is 52.3 Å². The maximum atomic E-state index is 12.5. The van der Waals surface area contributed by atoms with Gasteiger partial charge in [0.2, 0.25) is 11.8 Å². The first-order valence-electron chi connectivity index (χ1n) is 9.64. The Morgan fingerprint density at radius 1 is 1.19 bits per heavy atom. The Morgan fingerprint density at radius 3 is 2.56 bits per heavy atom. The van der Waals surface area contributed by atoms with Gasteiger partial charge in [0, 0.05) is 37.2 Å². The van der Waals surface area contributed by atoms with Gasteiger partial charge in [0.25, 0.3) is 0 Å². The summed E-state index contributed by atoms with van der Waals surface area (Å²) in [6.45, 7) is 7.44. The Labute approximate surface area is 161 Å². The first-order valence-corrected chi connectivity index (χ1v) is 9.64. The fourth-order valence-electron chi connectivity index (χ4n) is 3.60. The number of nitrogens with one attached hydrogen (secondary N) is 2. The number of carbonyl (C=O) groups excluding carboxylic acids is 3. The molecule has 1 fully saturated rings. The molecule has 0 aromatic heterocycles. The van der Waals surface area contributed by atoms with Crippen LogP contribution in [0.5, 0.6) is 0 Å². The molecular weight excluding hydrogens is 342 g/mol. The Morgan fingerprint density at radius 2 is 1.89 bits per heavy atom. The summed E-state index contributed by atoms with van der Waals surface area (Å²) in [5.41, 5.74) is 0.287. The van der Waals surface area contributed by atoms with Crippen LogP contribution in [-0.4, -0.2) is 47.7 Å². The largest absolute Gasteiger partial charge is 0.351 e. The highest BCUT2D eigenvalue weighted by Crippen LogP contribution is 2.19. The standard InChI is InChI=1S/C21H31N3O3/c1-16(25)14-21(2,3)23-19(26)11-13-24-12-7-8-17(15-24)20(27)22-18-9-5-4-6-10-18/h4-6,9-10,17H,7-8,11-15H2,1-3H3,(H,22,27)(H,23,26)/t17-/m0/s1. The van der Waals surface area contributed by atoms with Crippen LogP contribution in [0.1, 0.15) is 46.5 Å². The van der Waals surface area contributed by atoms with E-state index < -0.39 is 5.54 Å². The highest BCUT2D eigenvalue weighted by molar-refractivity contribution is 5.92. The first-order chi connectivity index (χ1) is 12.7. The highest BCUT2D eigenvalue weighted by Gasteiger charge is 2.27. The summed E-state index contributed by atoms with van der Waals surface area (Å²) in [7, 11) is 0. The predicted octanol–water partition coefficient (Wildman–Crippen LogP) is 2.60. The van der Waals surface area contributed by atoms with Crippen molar-refractivity contribution in [3.8, 4) is 0 Å². The van der Waals surface area contributed by atoms with Crippen LogP contribution < -0.4 is 10.6 Å². The van der Waals surface area contributed by atoms with Crippen molar-refractivity contribution < 1.29 is 14.4 Å². The van der Waals surface area contributed by atoms with Crippen LogP contribution in [0.4, 0.5) is 5.69 Å². The zero-order valence-corrected chi connectivity index (χ0v) is 16.6. The minimum atomic E-state index is -0.525. The summed E-state index contributed by atoms with van der Waals surface area (Å²) in [5, 5.41) is 5.90. The molecule has 0 aliphatic carbocycles. The molecule has 0 unspecified atom stereocenters. The van der Waals surface area contributed by atoms with Crippen molar-refractivity contribution in [2.45, 2.75) is 52.0 Å². The van der Waals surface area contributed by atoms with Crippen LogP contribution in [0.2, 0.25) is 0 Å². The van der Waals surface area contributed by atoms with Crippen molar-refractivity contribution in [3.63, 3.8) is 0 Å². The monoisotopic (exact) mass is 373 g/mol. The lowest BCUT2D eigenvalue weighted by Crippen LogP contribution is -2.46. The molecule has 27 heavy (non-hydrogen) atoms. The van der Waals surface area contributed by atoms with Crippen LogP contribution in [0.3, 0.4) is 0 Å². The van der Waals surface area contributed by atoms with E-state index in [-0.39, 0.29) is 23.5 Å². The molecular formula is C21H31N3O3. The zero-order chi connectivity index (χ0) is 19.9. The Hall–Kier alpha value is -2.21. The van der Waals surface area contributed by atoms with Crippen LogP contribution in [0.25, 0.3) is 0 Å². The number of carbonyl (C=O) groups is 3. The lowest BCUT2D eigenvalue weighted by atomic mass is 9.96. The van der Waals surface area contributed by atoms with E-state index in [0.29, 0.717) is 25.9 Å². The molecule has 6 heteroatoms. The highest BCUT2D eigenvalue weighted by atomic mass is 16.2. The average Bonchev–Trinajstić information content (AvgIpc) is 2.59. The third-order valence-electron chi connectivity index (χ3n) is 4.74. The van der Waals surface area contributed by atoms with E-state index >= 15 is 0 Å². The van der Waals surface area contributed by atoms with Gasteiger partial charge in [-0.25, -0.2) is 0 Å². The molecule has 0 saturated carbocycles. The van der Waals surface area contributed by atoms with Crippen molar-refractivity contribution in [2.75, 3.05) is 25.0 Å². The van der Waals surface area contributed by atoms with Crippen molar-refractivity contribution in [3.05, 3.63) is 30.3 Å². The van der Waals surface area contributed by atoms with Gasteiger partial charge in [-0.15, -0.1) is 0 Å². The van der Waals surface area contributed by atoms with E-state index in [4.69, 9.17) is 0 Å². The van der Waals surface area contributed by atoms with E-state index in [0.717, 1.165) is 25.1 Å². The fraction of sp³-hybridized carbons (Fsp3) is 0.571. The zero-order valence-electron chi connectivity index (χ0n) is 16.6. The van der Waals surface area contributed by atoms with E-state index in [2.05, 4.69) is 15.5 Å². The fourth-order valence-corrected chi connectivity index (χ4v) is 3.60. The molecule has 1 atom stereocenters. The number of para-hydroxylation sites is 1. The molecule has 0 bridgehead atoms. The summed E-state index contributed by atoms with van der Waals surface area (Å²) in [4.78, 5) is 38.2. The third kappa shape index (κ3) is 7.51. The Balaban J connectivity index is 1.78. The van der Waals surface area contributed by atoms with Crippen molar-refractivity contribution in [1.29, 1.82) is 0 Å². The molecule has 6 nitrogen and oxygen atoms in total. The van der Waals surface area contributed by atoms with Crippen molar-refractivity contribution in [1.82, 2.24) is 10.2 Å². The number of ketones is 1. The molecule has 0 radical (unpaired) electrons. The molecule has 0 spiro atoms. The number of hydrogen-bond donors (Lipinski definition) is 2. The predicted molar refractivity (Wildman–Crippen MR) is 106 cm³/mol. The van der Waals surface area contributed by atoms with Crippen LogP contribution in [-0.2, 0) is 14.4 Å². The molecule has 1 aromatic rings. The van der Waals surface area contributed by atoms with Crippen molar-refractivity contribution in [2.24, 2.45) is 5.92 Å². The number of amides is 2. The lowest BCUT2D eigenvalue weighted by Gasteiger charge is -2.32. The van der Waals surface area contributed by atoms with Gasteiger partial charge in [-0.2, -0.15) is 0 Å². The number of Topliss-reactive ketones (excluding diaryl/α,β-unsaturated/α-hetero) is 1. The van der Waals surface area contributed by atoms with Crippen LogP contribution >= 0.6 is 0 Å². The van der Waals surface area contributed by atoms with E-state index in [1.807, 2.05) is 44.2 Å². The summed E-state index contributed by atoms with van der Waals surface area (Å²) in [6.07, 6.45) is 2.51. The second kappa shape index (κ2) is 9.65. The molecule has 1 heterocycles. The SMILES string of the molecule is CC(=O)CC(C)(C)NC(=O)CCN1CCC[C@H](C(=O)Nc2ccccc2)C1. The molecule has 2 rings (SSSR count). The molecule has 1 aromatic carbocycles. The molecule has 148 valence electrons. The number of rotatable bonds is 8. The average molecular weight is 373 g/mol. The van der Waals surface area contributed by atoms with Gasteiger partial charge in [-0.3, -0.25) is 14.4 Å². The van der Waals surface area contributed by atoms with Crippen LogP contribution in [0.15, 0.2) is 30.3 Å². The second-order valence-electron chi connectivity index (χ2n) is 8.06. The van der Waals surface area contributed by atoms with Gasteiger partial charge >= 0.3 is 0 Å². The number of nitrogens with zero attached hydrogens (tertiary/aromatic N) is 1. The van der Waals surface area contributed by atoms with Gasteiger partial charge in [-0.1, -0.05) is 18.2 Å². The van der Waals surface area contributed by atoms with Crippen molar-refractivity contribution >= 4 is 23.3 Å². The summed E-state index contributed by atoms with van der Waals surface area (Å²) >= 11 is 0. The number of benzene rings is 1. The maximum absolute atomic E-state index is 12.5. The lowest BCUT2D eigenvalue weighted by molar-refractivity contribution is -0.124. The van der Waals surface area contributed by atoms with Crippen LogP contribution in [0, 0.1) is 5.92 Å². The van der Waals surface area contributed by atoms with E-state index in [9.17, 15) is 14.4 Å². The quantitative estimate of drug-likeness (QED) is 0.734. The molecule has 2 amide bonds. The summed E-state index contributed by atoms with van der Waals surface area (Å²) < 4.78 is 0. The van der Waals surface area contributed by atoms with E-state index in [1.165, 1.54) is 6.92 Å². The Kier molecular flexibility index (Phi) is 7.54. The molecule has 1 saturated heterocycles. The van der Waals surface area contributed by atoms with Gasteiger partial charge in [0.15, 0.2) is 0 Å². The number of likely N-dealkylation sites (tertiary alicyclic amines) is 1. The summed E-state index contributed by atoms with van der Waals surface area (Å²) in [6, 6.07) is 9.47. The number of hydrogen-bond acceptors (Lipinski definition) is 4. The Bertz CT molecular complexity index is 658. The number of anilines is 1. The topological polar surface area (TPSA) is 78.5 Å². The van der Waals surface area contributed by atoms with Gasteiger partial charge < -0.3 is 15.5 Å². The minimum Gasteiger partial charge on any atom is -0.351 e. The summed E-state index contributed by atoms with van der Waals surface area (Å²) in [5.74, 6) is -0.0187. The molecule has 2 N–H and O–H groups in total.